The van der Waals surface area contributed by atoms with Crippen LogP contribution < -0.4 is 5.32 Å². The fourth-order valence-corrected chi connectivity index (χ4v) is 2.82. The van der Waals surface area contributed by atoms with Gasteiger partial charge in [0.1, 0.15) is 17.2 Å². The van der Waals surface area contributed by atoms with Crippen molar-refractivity contribution in [1.82, 2.24) is 0 Å². The first-order chi connectivity index (χ1) is 12.5. The Hall–Kier alpha value is -2.86. The van der Waals surface area contributed by atoms with Gasteiger partial charge in [-0.1, -0.05) is 52.3 Å². The van der Waals surface area contributed by atoms with Crippen molar-refractivity contribution >= 4 is 33.3 Å². The Morgan fingerprint density at radius 2 is 1.50 bits per heavy atom. The van der Waals surface area contributed by atoms with E-state index in [0.29, 0.717) is 10.0 Å². The smallest absolute Gasteiger partial charge is 0.261 e. The monoisotopic (exact) mass is 415 g/mol. The molecule has 0 unspecified atom stereocenters. The lowest BCUT2D eigenvalue weighted by molar-refractivity contribution is 0.101. The van der Waals surface area contributed by atoms with Gasteiger partial charge < -0.3 is 5.32 Å². The molecule has 0 atom stereocenters. The number of anilines is 1. The minimum Gasteiger partial charge on any atom is -0.321 e. The highest BCUT2D eigenvalue weighted by Gasteiger charge is 2.20. The van der Waals surface area contributed by atoms with Crippen molar-refractivity contribution in [2.75, 3.05) is 5.32 Å². The molecule has 3 rings (SSSR count). The van der Waals surface area contributed by atoms with Crippen LogP contribution in [0.4, 0.5) is 14.5 Å². The second-order valence-corrected chi connectivity index (χ2v) is 6.35. The highest BCUT2D eigenvalue weighted by molar-refractivity contribution is 9.10. The van der Waals surface area contributed by atoms with Gasteiger partial charge in [-0.15, -0.1) is 0 Å². The molecular formula is C20H12BrF2NO2. The van der Waals surface area contributed by atoms with Crippen LogP contribution in [0.25, 0.3) is 0 Å². The Morgan fingerprint density at radius 1 is 0.846 bits per heavy atom. The van der Waals surface area contributed by atoms with Crippen LogP contribution in [-0.4, -0.2) is 11.7 Å². The van der Waals surface area contributed by atoms with E-state index in [-0.39, 0.29) is 17.0 Å². The molecule has 0 bridgehead atoms. The first-order valence-corrected chi connectivity index (χ1v) is 8.41. The number of carbonyl (C=O) groups is 2. The van der Waals surface area contributed by atoms with Gasteiger partial charge in [0.25, 0.3) is 5.91 Å². The third-order valence-electron chi connectivity index (χ3n) is 3.70. The highest BCUT2D eigenvalue weighted by atomic mass is 79.9. The fraction of sp³-hybridized carbons (Fsp3) is 0. The summed E-state index contributed by atoms with van der Waals surface area (Å²) in [5, 5.41) is 2.43. The summed E-state index contributed by atoms with van der Waals surface area (Å²) >= 11 is 3.29. The number of amides is 1. The van der Waals surface area contributed by atoms with E-state index in [2.05, 4.69) is 21.2 Å². The van der Waals surface area contributed by atoms with E-state index in [4.69, 9.17) is 0 Å². The number of hydrogen-bond acceptors (Lipinski definition) is 2. The number of ketones is 1. The zero-order valence-electron chi connectivity index (χ0n) is 13.3. The quantitative estimate of drug-likeness (QED) is 0.594. The van der Waals surface area contributed by atoms with Gasteiger partial charge in [0, 0.05) is 15.6 Å². The standard InChI is InChI=1S/C20H12BrF2NO2/c21-13-9-10-17(14(11-13)19(25)12-5-2-1-3-6-12)24-20(26)18-15(22)7-4-8-16(18)23/h1-11H,(H,24,26). The Bertz CT molecular complexity index is 970. The Kier molecular flexibility index (Phi) is 5.23. The topological polar surface area (TPSA) is 46.2 Å². The maximum absolute atomic E-state index is 13.8. The summed E-state index contributed by atoms with van der Waals surface area (Å²) in [6.45, 7) is 0. The molecule has 0 spiro atoms. The van der Waals surface area contributed by atoms with Crippen molar-refractivity contribution in [1.29, 1.82) is 0 Å². The van der Waals surface area contributed by atoms with E-state index in [1.165, 1.54) is 12.1 Å². The number of benzene rings is 3. The molecule has 130 valence electrons. The molecule has 3 nitrogen and oxygen atoms in total. The van der Waals surface area contributed by atoms with Crippen LogP contribution in [0.5, 0.6) is 0 Å². The fourth-order valence-electron chi connectivity index (χ4n) is 2.46. The lowest BCUT2D eigenvalue weighted by atomic mass is 10.0. The van der Waals surface area contributed by atoms with Crippen LogP contribution >= 0.6 is 15.9 Å². The Labute approximate surface area is 156 Å². The van der Waals surface area contributed by atoms with Gasteiger partial charge in [0.05, 0.1) is 5.69 Å². The Balaban J connectivity index is 1.99. The van der Waals surface area contributed by atoms with Crippen molar-refractivity contribution in [2.45, 2.75) is 0 Å². The number of halogens is 3. The molecule has 6 heteroatoms. The summed E-state index contributed by atoms with van der Waals surface area (Å²) in [6.07, 6.45) is 0. The normalized spacial score (nSPS) is 10.4. The molecule has 0 saturated carbocycles. The first kappa shape index (κ1) is 17.9. The summed E-state index contributed by atoms with van der Waals surface area (Å²) in [5.74, 6) is -3.24. The summed E-state index contributed by atoms with van der Waals surface area (Å²) in [4.78, 5) is 25.1. The summed E-state index contributed by atoms with van der Waals surface area (Å²) < 4.78 is 28.3. The molecule has 0 heterocycles. The predicted octanol–water partition coefficient (Wildman–Crippen LogP) is 5.21. The molecule has 1 N–H and O–H groups in total. The second-order valence-electron chi connectivity index (χ2n) is 5.44. The molecule has 0 aromatic heterocycles. The van der Waals surface area contributed by atoms with Crippen LogP contribution in [0.2, 0.25) is 0 Å². The number of carbonyl (C=O) groups excluding carboxylic acids is 2. The number of rotatable bonds is 4. The van der Waals surface area contributed by atoms with Crippen molar-refractivity contribution in [3.05, 3.63) is 99.5 Å². The number of hydrogen-bond donors (Lipinski definition) is 1. The van der Waals surface area contributed by atoms with Crippen LogP contribution in [0.15, 0.2) is 71.2 Å². The predicted molar refractivity (Wildman–Crippen MR) is 98.3 cm³/mol. The van der Waals surface area contributed by atoms with Crippen molar-refractivity contribution < 1.29 is 18.4 Å². The van der Waals surface area contributed by atoms with Crippen LogP contribution in [0.3, 0.4) is 0 Å². The number of nitrogens with one attached hydrogen (secondary N) is 1. The molecule has 3 aromatic carbocycles. The molecule has 3 aromatic rings. The van der Waals surface area contributed by atoms with Gasteiger partial charge in [-0.25, -0.2) is 8.78 Å². The average Bonchev–Trinajstić information content (AvgIpc) is 2.63. The molecule has 0 aliphatic carbocycles. The minimum atomic E-state index is -0.976. The van der Waals surface area contributed by atoms with Gasteiger partial charge in [-0.2, -0.15) is 0 Å². The van der Waals surface area contributed by atoms with E-state index in [1.807, 2.05) is 0 Å². The summed E-state index contributed by atoms with van der Waals surface area (Å²) in [6, 6.07) is 16.3. The van der Waals surface area contributed by atoms with Gasteiger partial charge in [0.15, 0.2) is 5.78 Å². The molecule has 0 fully saturated rings. The summed E-state index contributed by atoms with van der Waals surface area (Å²) in [5.41, 5.74) is 0.0945. The molecule has 0 radical (unpaired) electrons. The molecule has 1 amide bonds. The van der Waals surface area contributed by atoms with E-state index in [0.717, 1.165) is 12.1 Å². The van der Waals surface area contributed by atoms with Gasteiger partial charge in [0.2, 0.25) is 0 Å². The zero-order chi connectivity index (χ0) is 18.7. The summed E-state index contributed by atoms with van der Waals surface area (Å²) in [7, 11) is 0. The minimum absolute atomic E-state index is 0.162. The van der Waals surface area contributed by atoms with Gasteiger partial charge in [-0.05, 0) is 30.3 Å². The Morgan fingerprint density at radius 3 is 2.15 bits per heavy atom. The van der Waals surface area contributed by atoms with Crippen molar-refractivity contribution in [3.8, 4) is 0 Å². The van der Waals surface area contributed by atoms with Crippen molar-refractivity contribution in [3.63, 3.8) is 0 Å². The van der Waals surface area contributed by atoms with Crippen LogP contribution in [0, 0.1) is 11.6 Å². The maximum atomic E-state index is 13.8. The molecular weight excluding hydrogens is 404 g/mol. The first-order valence-electron chi connectivity index (χ1n) is 7.62. The third kappa shape index (κ3) is 3.70. The van der Waals surface area contributed by atoms with E-state index < -0.39 is 23.1 Å². The largest absolute Gasteiger partial charge is 0.321 e. The lowest BCUT2D eigenvalue weighted by Crippen LogP contribution is -2.18. The molecule has 26 heavy (non-hydrogen) atoms. The van der Waals surface area contributed by atoms with E-state index >= 15 is 0 Å². The van der Waals surface area contributed by atoms with Gasteiger partial charge >= 0.3 is 0 Å². The second kappa shape index (κ2) is 7.58. The van der Waals surface area contributed by atoms with Crippen molar-refractivity contribution in [2.24, 2.45) is 0 Å². The third-order valence-corrected chi connectivity index (χ3v) is 4.19. The average molecular weight is 416 g/mol. The SMILES string of the molecule is O=C(c1ccccc1)c1cc(Br)ccc1NC(=O)c1c(F)cccc1F. The molecule has 0 saturated heterocycles. The lowest BCUT2D eigenvalue weighted by Gasteiger charge is -2.12. The van der Waals surface area contributed by atoms with Crippen LogP contribution in [0.1, 0.15) is 26.3 Å². The van der Waals surface area contributed by atoms with E-state index in [9.17, 15) is 18.4 Å². The highest BCUT2D eigenvalue weighted by Crippen LogP contribution is 2.25. The maximum Gasteiger partial charge on any atom is 0.261 e. The zero-order valence-corrected chi connectivity index (χ0v) is 14.9. The van der Waals surface area contributed by atoms with Gasteiger partial charge in [-0.3, -0.25) is 9.59 Å². The molecule has 0 aliphatic rings. The molecule has 0 aliphatic heterocycles. The van der Waals surface area contributed by atoms with E-state index in [1.54, 1.807) is 42.5 Å². The van der Waals surface area contributed by atoms with Crippen LogP contribution in [-0.2, 0) is 0 Å².